The molecule has 2 saturated heterocycles. The van der Waals surface area contributed by atoms with Crippen molar-refractivity contribution in [1.29, 1.82) is 0 Å². The molecule has 2 bridgehead atoms. The Balaban J connectivity index is 1.68. The van der Waals surface area contributed by atoms with Crippen LogP contribution < -0.4 is 0 Å². The minimum absolute atomic E-state index is 0.123. The first-order chi connectivity index (χ1) is 11.8. The fourth-order valence-corrected chi connectivity index (χ4v) is 6.65. The summed E-state index contributed by atoms with van der Waals surface area (Å²) >= 11 is 0. The molecule has 134 valence electrons. The molecule has 5 heteroatoms. The Labute approximate surface area is 147 Å². The largest absolute Gasteiger partial charge is 0.472 e. The van der Waals surface area contributed by atoms with Crippen LogP contribution in [-0.2, 0) is 19.1 Å². The fourth-order valence-electron chi connectivity index (χ4n) is 6.65. The Morgan fingerprint density at radius 2 is 1.92 bits per heavy atom. The van der Waals surface area contributed by atoms with E-state index in [1.54, 1.807) is 12.5 Å². The lowest BCUT2D eigenvalue weighted by atomic mass is 9.46. The number of esters is 2. The van der Waals surface area contributed by atoms with Gasteiger partial charge in [-0.1, -0.05) is 13.8 Å². The van der Waals surface area contributed by atoms with Gasteiger partial charge in [0.05, 0.1) is 17.9 Å². The molecule has 2 unspecified atom stereocenters. The molecule has 2 aliphatic carbocycles. The molecule has 0 N–H and O–H groups in total. The molecule has 0 aromatic carbocycles. The summed E-state index contributed by atoms with van der Waals surface area (Å²) in [6.07, 6.45) is 6.86. The third kappa shape index (κ3) is 1.38. The van der Waals surface area contributed by atoms with Crippen molar-refractivity contribution in [3.8, 4) is 0 Å². The van der Waals surface area contributed by atoms with Gasteiger partial charge in [-0.2, -0.15) is 0 Å². The third-order valence-electron chi connectivity index (χ3n) is 8.48. The van der Waals surface area contributed by atoms with Crippen molar-refractivity contribution in [2.24, 2.45) is 22.2 Å². The van der Waals surface area contributed by atoms with Crippen LogP contribution in [0.2, 0.25) is 0 Å². The zero-order valence-electron chi connectivity index (χ0n) is 15.0. The Bertz CT molecular complexity index is 769. The molecule has 4 fully saturated rings. The number of hydrogen-bond acceptors (Lipinski definition) is 5. The van der Waals surface area contributed by atoms with E-state index in [2.05, 4.69) is 13.8 Å². The Kier molecular flexibility index (Phi) is 2.66. The van der Waals surface area contributed by atoms with Crippen molar-refractivity contribution >= 4 is 11.9 Å². The number of rotatable bonds is 1. The lowest BCUT2D eigenvalue weighted by molar-refractivity contribution is -0.205. The molecule has 2 saturated carbocycles. The van der Waals surface area contributed by atoms with E-state index in [9.17, 15) is 9.59 Å². The minimum atomic E-state index is -0.758. The molecule has 1 aromatic rings. The number of ether oxygens (including phenoxy) is 2. The van der Waals surface area contributed by atoms with Crippen molar-refractivity contribution in [3.05, 3.63) is 24.2 Å². The first kappa shape index (κ1) is 15.5. The highest BCUT2D eigenvalue weighted by molar-refractivity contribution is 5.88. The van der Waals surface area contributed by atoms with Gasteiger partial charge in [0, 0.05) is 17.4 Å². The van der Waals surface area contributed by atoms with Crippen LogP contribution in [0.3, 0.4) is 0 Å². The highest BCUT2D eigenvalue weighted by atomic mass is 16.6. The molecular weight excluding hydrogens is 320 g/mol. The maximum atomic E-state index is 13.3. The number of furan rings is 1. The Hall–Kier alpha value is -1.78. The summed E-state index contributed by atoms with van der Waals surface area (Å²) in [6.45, 7) is 6.31. The molecule has 0 amide bonds. The number of hydrogen-bond donors (Lipinski definition) is 0. The van der Waals surface area contributed by atoms with E-state index in [-0.39, 0.29) is 29.4 Å². The normalized spacial score (nSPS) is 50.8. The average Bonchev–Trinajstić information content (AvgIpc) is 3.29. The molecule has 5 rings (SSSR count). The van der Waals surface area contributed by atoms with E-state index in [1.165, 1.54) is 0 Å². The van der Waals surface area contributed by atoms with E-state index in [1.807, 2.05) is 13.0 Å². The van der Waals surface area contributed by atoms with Gasteiger partial charge >= 0.3 is 11.9 Å². The average molecular weight is 344 g/mol. The van der Waals surface area contributed by atoms with Gasteiger partial charge in [0.2, 0.25) is 0 Å². The number of carbonyl (C=O) groups excluding carboxylic acids is 2. The lowest BCUT2D eigenvalue weighted by Crippen LogP contribution is -2.63. The predicted molar refractivity (Wildman–Crippen MR) is 87.3 cm³/mol. The van der Waals surface area contributed by atoms with Gasteiger partial charge in [-0.05, 0) is 44.6 Å². The van der Waals surface area contributed by atoms with Gasteiger partial charge in [-0.25, -0.2) is 0 Å². The van der Waals surface area contributed by atoms with Gasteiger partial charge in [-0.3, -0.25) is 9.59 Å². The summed E-state index contributed by atoms with van der Waals surface area (Å²) < 4.78 is 17.2. The standard InChI is InChI=1S/C20H24O5/c1-12-4-6-18(3)17(2)7-8-20(18,25-15(17)21)19(12)10-14(24-16(19)22)13-5-9-23-11-13/h5,9,11-12,14H,4,6-8,10H2,1-3H3/t12-,14?,17-,18-,19+,20?/m1/s1. The quantitative estimate of drug-likeness (QED) is 0.725. The van der Waals surface area contributed by atoms with E-state index in [0.717, 1.165) is 31.2 Å². The second-order valence-electron chi connectivity index (χ2n) is 8.95. The number of cyclic esters (lactones) is 1. The molecule has 2 aliphatic heterocycles. The lowest BCUT2D eigenvalue weighted by Gasteiger charge is -2.55. The molecular formula is C20H24O5. The minimum Gasteiger partial charge on any atom is -0.472 e. The second-order valence-corrected chi connectivity index (χ2v) is 8.95. The van der Waals surface area contributed by atoms with Crippen LogP contribution in [0.15, 0.2) is 23.0 Å². The topological polar surface area (TPSA) is 65.7 Å². The molecule has 6 atom stereocenters. The van der Waals surface area contributed by atoms with E-state index in [0.29, 0.717) is 6.42 Å². The zero-order valence-corrected chi connectivity index (χ0v) is 15.0. The van der Waals surface area contributed by atoms with E-state index in [4.69, 9.17) is 13.9 Å². The Morgan fingerprint density at radius 1 is 1.12 bits per heavy atom. The van der Waals surface area contributed by atoms with Gasteiger partial charge in [0.1, 0.15) is 17.1 Å². The third-order valence-corrected chi connectivity index (χ3v) is 8.48. The van der Waals surface area contributed by atoms with Crippen molar-refractivity contribution in [1.82, 2.24) is 0 Å². The zero-order chi connectivity index (χ0) is 17.7. The molecule has 0 radical (unpaired) electrons. The van der Waals surface area contributed by atoms with Crippen LogP contribution in [0, 0.1) is 22.2 Å². The summed E-state index contributed by atoms with van der Waals surface area (Å²) in [7, 11) is 0. The van der Waals surface area contributed by atoms with Crippen LogP contribution in [-0.4, -0.2) is 17.5 Å². The maximum Gasteiger partial charge on any atom is 0.317 e. The monoisotopic (exact) mass is 344 g/mol. The van der Waals surface area contributed by atoms with Crippen LogP contribution in [0.25, 0.3) is 0 Å². The fraction of sp³-hybridized carbons (Fsp3) is 0.700. The summed E-state index contributed by atoms with van der Waals surface area (Å²) in [6, 6.07) is 1.85. The van der Waals surface area contributed by atoms with Crippen molar-refractivity contribution in [3.63, 3.8) is 0 Å². The molecule has 25 heavy (non-hydrogen) atoms. The van der Waals surface area contributed by atoms with Gasteiger partial charge < -0.3 is 13.9 Å². The van der Waals surface area contributed by atoms with Crippen LogP contribution in [0.4, 0.5) is 0 Å². The predicted octanol–water partition coefficient (Wildman–Crippen LogP) is 3.79. The van der Waals surface area contributed by atoms with Crippen LogP contribution in [0.1, 0.15) is 64.5 Å². The van der Waals surface area contributed by atoms with E-state index < -0.39 is 16.4 Å². The van der Waals surface area contributed by atoms with E-state index >= 15 is 0 Å². The SMILES string of the molecule is C[C@@H]1CC[C@@]2(C)C3(CC[C@]2(C)C(=O)O3)[C@@]12CC(c1ccoc1)OC2=O. The van der Waals surface area contributed by atoms with Gasteiger partial charge in [0.25, 0.3) is 0 Å². The molecule has 4 aliphatic rings. The smallest absolute Gasteiger partial charge is 0.317 e. The van der Waals surface area contributed by atoms with Gasteiger partial charge in [0.15, 0.2) is 0 Å². The highest BCUT2D eigenvalue weighted by Crippen LogP contribution is 2.78. The summed E-state index contributed by atoms with van der Waals surface area (Å²) in [4.78, 5) is 26.1. The van der Waals surface area contributed by atoms with Crippen molar-refractivity contribution < 1.29 is 23.5 Å². The molecule has 5 nitrogen and oxygen atoms in total. The second kappa shape index (κ2) is 4.30. The van der Waals surface area contributed by atoms with Crippen LogP contribution >= 0.6 is 0 Å². The highest BCUT2D eigenvalue weighted by Gasteiger charge is 2.85. The Morgan fingerprint density at radius 3 is 2.60 bits per heavy atom. The summed E-state index contributed by atoms with van der Waals surface area (Å²) in [5.74, 6) is -0.205. The van der Waals surface area contributed by atoms with Crippen molar-refractivity contribution in [2.75, 3.05) is 0 Å². The number of carbonyl (C=O) groups is 2. The first-order valence-electron chi connectivity index (χ1n) is 9.27. The van der Waals surface area contributed by atoms with Crippen LogP contribution in [0.5, 0.6) is 0 Å². The summed E-state index contributed by atoms with van der Waals surface area (Å²) in [5.41, 5.74) is -1.42. The summed E-state index contributed by atoms with van der Waals surface area (Å²) in [5, 5.41) is 0. The molecule has 3 heterocycles. The molecule has 1 aromatic heterocycles. The van der Waals surface area contributed by atoms with Gasteiger partial charge in [-0.15, -0.1) is 0 Å². The molecule has 1 spiro atoms. The maximum absolute atomic E-state index is 13.3. The first-order valence-corrected chi connectivity index (χ1v) is 9.27. The van der Waals surface area contributed by atoms with Crippen molar-refractivity contribution in [2.45, 2.75) is 64.6 Å².